The van der Waals surface area contributed by atoms with Crippen LogP contribution in [0.25, 0.3) is 22.3 Å². The molecule has 2 aromatic heterocycles. The molecule has 5 atom stereocenters. The zero-order valence-corrected chi connectivity index (χ0v) is 34.2. The summed E-state index contributed by atoms with van der Waals surface area (Å²) >= 11 is 1.27. The Morgan fingerprint density at radius 2 is 1.79 bits per heavy atom. The van der Waals surface area contributed by atoms with Crippen LogP contribution in [0.2, 0.25) is 0 Å². The third-order valence-electron chi connectivity index (χ3n) is 11.7. The molecule has 2 saturated carbocycles. The fourth-order valence-electron chi connectivity index (χ4n) is 8.19. The molecule has 58 heavy (non-hydrogen) atoms. The highest BCUT2D eigenvalue weighted by Crippen LogP contribution is 2.46. The van der Waals surface area contributed by atoms with Gasteiger partial charge in [0.05, 0.1) is 24.9 Å². The van der Waals surface area contributed by atoms with Gasteiger partial charge in [-0.2, -0.15) is 0 Å². The number of aryl methyl sites for hydroxylation is 1. The molecule has 16 heteroatoms. The lowest BCUT2D eigenvalue weighted by atomic mass is 10.0. The maximum absolute atomic E-state index is 14.6. The molecule has 3 fully saturated rings. The van der Waals surface area contributed by atoms with Gasteiger partial charge in [0.25, 0.3) is 0 Å². The van der Waals surface area contributed by atoms with Gasteiger partial charge < -0.3 is 40.2 Å². The lowest BCUT2D eigenvalue weighted by Gasteiger charge is -2.29. The Morgan fingerprint density at radius 1 is 1.02 bits per heavy atom. The number of benzene rings is 1. The van der Waals surface area contributed by atoms with Gasteiger partial charge in [0.2, 0.25) is 17.7 Å². The van der Waals surface area contributed by atoms with Crippen molar-refractivity contribution in [2.75, 3.05) is 19.0 Å². The highest BCUT2D eigenvalue weighted by atomic mass is 32.1. The maximum atomic E-state index is 14.6. The van der Waals surface area contributed by atoms with Crippen LogP contribution in [-0.2, 0) is 23.9 Å². The molecular weight excluding hydrogens is 765 g/mol. The van der Waals surface area contributed by atoms with Gasteiger partial charge in [-0.25, -0.2) is 19.6 Å². The van der Waals surface area contributed by atoms with Crippen LogP contribution in [0.5, 0.6) is 11.5 Å². The number of allylic oxidation sites excluding steroid dienone is 1. The SMILES string of the molecule is COc1ccc2c(O[C@@H]3C[C@H]4C(=O)N[C@]5(C(=O)O)CC5C=CCCCCC[C@H](NC(=O)OC5CCCC5)C(=O)N4C3)cc(-c3csc(NC(=O)C(C)C)n3)nc2c1C. The summed E-state index contributed by atoms with van der Waals surface area (Å²) in [7, 11) is 1.58. The molecule has 0 radical (unpaired) electrons. The summed E-state index contributed by atoms with van der Waals surface area (Å²) in [5, 5.41) is 21.6. The summed E-state index contributed by atoms with van der Waals surface area (Å²) in [5.74, 6) is -1.91. The Bertz CT molecular complexity index is 2100. The Morgan fingerprint density at radius 3 is 2.53 bits per heavy atom. The third kappa shape index (κ3) is 8.76. The van der Waals surface area contributed by atoms with Crippen molar-refractivity contribution in [3.05, 3.63) is 41.3 Å². The summed E-state index contributed by atoms with van der Waals surface area (Å²) in [6, 6.07) is 3.35. The topological polar surface area (TPSA) is 198 Å². The van der Waals surface area contributed by atoms with E-state index in [1.54, 1.807) is 32.4 Å². The fraction of sp³-hybridized carbons (Fsp3) is 0.548. The molecule has 4 aliphatic rings. The number of amides is 4. The quantitative estimate of drug-likeness (QED) is 0.181. The molecule has 4 N–H and O–H groups in total. The summed E-state index contributed by atoms with van der Waals surface area (Å²) < 4.78 is 18.0. The minimum absolute atomic E-state index is 0.00740. The van der Waals surface area contributed by atoms with Crippen molar-refractivity contribution in [3.63, 3.8) is 0 Å². The van der Waals surface area contributed by atoms with E-state index in [0.717, 1.165) is 50.5 Å². The monoisotopic (exact) mass is 816 g/mol. The molecule has 15 nitrogen and oxygen atoms in total. The molecule has 2 aliphatic carbocycles. The predicted molar refractivity (Wildman–Crippen MR) is 217 cm³/mol. The van der Waals surface area contributed by atoms with Crippen LogP contribution in [-0.4, -0.2) is 93.2 Å². The second kappa shape index (κ2) is 17.3. The summed E-state index contributed by atoms with van der Waals surface area (Å²) in [6.45, 7) is 5.47. The average Bonchev–Trinajstić information content (AvgIpc) is 3.62. The number of hydrogen-bond acceptors (Lipinski definition) is 11. The van der Waals surface area contributed by atoms with E-state index in [1.807, 2.05) is 31.2 Å². The number of methoxy groups -OCH3 is 1. The van der Waals surface area contributed by atoms with Crippen LogP contribution >= 0.6 is 11.3 Å². The first-order valence-corrected chi connectivity index (χ1v) is 21.2. The Labute approximate surface area is 341 Å². The van der Waals surface area contributed by atoms with Gasteiger partial charge in [0, 0.05) is 40.7 Å². The molecule has 7 rings (SSSR count). The van der Waals surface area contributed by atoms with Gasteiger partial charge in [-0.1, -0.05) is 38.8 Å². The van der Waals surface area contributed by atoms with Crippen LogP contribution < -0.4 is 25.4 Å². The fourth-order valence-corrected chi connectivity index (χ4v) is 8.90. The molecule has 310 valence electrons. The smallest absolute Gasteiger partial charge is 0.408 e. The Kier molecular flexibility index (Phi) is 12.2. The van der Waals surface area contributed by atoms with Crippen LogP contribution in [0.15, 0.2) is 35.7 Å². The summed E-state index contributed by atoms with van der Waals surface area (Å²) in [5.41, 5.74) is 0.864. The average molecular weight is 817 g/mol. The van der Waals surface area contributed by atoms with Gasteiger partial charge in [-0.3, -0.25) is 14.4 Å². The first-order valence-electron chi connectivity index (χ1n) is 20.3. The normalized spacial score (nSPS) is 25.3. The number of nitrogens with zero attached hydrogens (tertiary/aromatic N) is 3. The number of hydrogen-bond donors (Lipinski definition) is 4. The molecule has 1 aromatic carbocycles. The minimum Gasteiger partial charge on any atom is -0.496 e. The van der Waals surface area contributed by atoms with Gasteiger partial charge in [0.1, 0.15) is 47.0 Å². The number of fused-ring (bicyclic) bond motifs is 3. The summed E-state index contributed by atoms with van der Waals surface area (Å²) in [4.78, 5) is 78.0. The zero-order valence-electron chi connectivity index (χ0n) is 33.4. The van der Waals surface area contributed by atoms with Crippen molar-refractivity contribution >= 4 is 57.2 Å². The lowest BCUT2D eigenvalue weighted by Crippen LogP contribution is -2.56. The van der Waals surface area contributed by atoms with Gasteiger partial charge in [-0.05, 0) is 70.4 Å². The van der Waals surface area contributed by atoms with E-state index in [9.17, 15) is 29.1 Å². The van der Waals surface area contributed by atoms with Crippen molar-refractivity contribution in [2.45, 2.75) is 121 Å². The number of carboxylic acid groups (broad SMARTS) is 1. The lowest BCUT2D eigenvalue weighted by molar-refractivity contribution is -0.145. The second-order valence-electron chi connectivity index (χ2n) is 16.1. The van der Waals surface area contributed by atoms with E-state index in [1.165, 1.54) is 16.2 Å². The van der Waals surface area contributed by atoms with Crippen molar-refractivity contribution in [1.29, 1.82) is 0 Å². The van der Waals surface area contributed by atoms with E-state index in [-0.39, 0.29) is 43.2 Å². The molecule has 0 bridgehead atoms. The number of nitrogens with one attached hydrogen (secondary N) is 3. The number of aliphatic carboxylic acids is 1. The molecule has 1 unspecified atom stereocenters. The second-order valence-corrected chi connectivity index (χ2v) is 17.0. The van der Waals surface area contributed by atoms with E-state index < -0.39 is 47.6 Å². The standard InChI is InChI=1S/C42H52N6O9S/c1-23(2)36(49)46-40-44-31(22-58-40)30-19-34(28-16-17-33(55-4)24(3)35(28)43-30)56-27-18-32-37(50)47-42(39(52)53)20-25(42)12-8-6-5-7-9-15-29(38(51)48(32)21-27)45-41(54)57-26-13-10-11-14-26/h8,12,16-17,19,22-23,25-27,29,32H,5-7,9-11,13-15,18,20-21H2,1-4H3,(H,45,54)(H,47,50)(H,52,53)(H,44,46,49)/t25?,27-,29+,32+,42-/m1/s1. The van der Waals surface area contributed by atoms with Gasteiger partial charge in [0.15, 0.2) is 5.13 Å². The van der Waals surface area contributed by atoms with Crippen molar-refractivity contribution in [1.82, 2.24) is 25.5 Å². The van der Waals surface area contributed by atoms with Gasteiger partial charge in [-0.15, -0.1) is 11.3 Å². The number of rotatable bonds is 9. The van der Waals surface area contributed by atoms with E-state index in [4.69, 9.17) is 19.2 Å². The molecule has 4 heterocycles. The maximum Gasteiger partial charge on any atom is 0.408 e. The van der Waals surface area contributed by atoms with Crippen LogP contribution in [0.4, 0.5) is 9.93 Å². The molecule has 4 amide bonds. The number of carbonyl (C=O) groups is 5. The number of ether oxygens (including phenoxy) is 3. The molecular formula is C42H52N6O9S. The number of aromatic nitrogens is 2. The number of anilines is 1. The molecule has 1 saturated heterocycles. The van der Waals surface area contributed by atoms with Gasteiger partial charge >= 0.3 is 12.1 Å². The number of pyridine rings is 1. The first-order chi connectivity index (χ1) is 27.9. The molecule has 0 spiro atoms. The van der Waals surface area contributed by atoms with Crippen molar-refractivity contribution in [3.8, 4) is 22.9 Å². The van der Waals surface area contributed by atoms with Crippen molar-refractivity contribution < 1.29 is 43.3 Å². The van der Waals surface area contributed by atoms with E-state index in [2.05, 4.69) is 20.9 Å². The van der Waals surface area contributed by atoms with Crippen LogP contribution in [0.3, 0.4) is 0 Å². The van der Waals surface area contributed by atoms with Crippen LogP contribution in [0.1, 0.15) is 90.0 Å². The number of alkyl carbamates (subject to hydrolysis) is 1. The largest absolute Gasteiger partial charge is 0.496 e. The van der Waals surface area contributed by atoms with Crippen molar-refractivity contribution in [2.24, 2.45) is 11.8 Å². The minimum atomic E-state index is -1.47. The highest BCUT2D eigenvalue weighted by Gasteiger charge is 2.61. The molecule has 2 aliphatic heterocycles. The van der Waals surface area contributed by atoms with Crippen LogP contribution in [0, 0.1) is 18.8 Å². The predicted octanol–water partition coefficient (Wildman–Crippen LogP) is 6.14. The first kappa shape index (κ1) is 40.9. The third-order valence-corrected chi connectivity index (χ3v) is 12.4. The van der Waals surface area contributed by atoms with E-state index in [0.29, 0.717) is 51.8 Å². The highest BCUT2D eigenvalue weighted by molar-refractivity contribution is 7.14. The Hall–Kier alpha value is -5.25. The Balaban J connectivity index is 1.21. The molecule has 3 aromatic rings. The zero-order chi connectivity index (χ0) is 41.1. The van der Waals surface area contributed by atoms with E-state index >= 15 is 0 Å². The number of carboxylic acids is 1. The number of thiazole rings is 1. The number of carbonyl (C=O) groups excluding carboxylic acids is 4. The summed E-state index contributed by atoms with van der Waals surface area (Å²) in [6.07, 6.45) is 9.39.